The van der Waals surface area contributed by atoms with E-state index in [2.05, 4.69) is 22.5 Å². The van der Waals surface area contributed by atoms with Crippen LogP contribution < -0.4 is 16.0 Å². The molecule has 1 aromatic rings. The SMILES string of the molecule is C=CC(=O)Nc1cc(NC(=O)C2(C(=O)NC3CC3)CCC2)ccc1F. The Hall–Kier alpha value is -2.70. The molecule has 3 rings (SSSR count). The van der Waals surface area contributed by atoms with E-state index in [9.17, 15) is 18.8 Å². The van der Waals surface area contributed by atoms with Gasteiger partial charge < -0.3 is 16.0 Å². The number of nitrogens with one attached hydrogen (secondary N) is 3. The van der Waals surface area contributed by atoms with Gasteiger partial charge in [0.25, 0.3) is 0 Å². The summed E-state index contributed by atoms with van der Waals surface area (Å²) in [7, 11) is 0. The summed E-state index contributed by atoms with van der Waals surface area (Å²) < 4.78 is 13.8. The van der Waals surface area contributed by atoms with Crippen LogP contribution in [0.5, 0.6) is 0 Å². The number of halogens is 1. The molecule has 0 radical (unpaired) electrons. The number of hydrogen-bond acceptors (Lipinski definition) is 3. The van der Waals surface area contributed by atoms with Crippen molar-refractivity contribution in [2.24, 2.45) is 5.41 Å². The lowest BCUT2D eigenvalue weighted by Crippen LogP contribution is -2.53. The maximum atomic E-state index is 13.8. The zero-order chi connectivity index (χ0) is 18.0. The van der Waals surface area contributed by atoms with Gasteiger partial charge in [-0.05, 0) is 50.0 Å². The summed E-state index contributed by atoms with van der Waals surface area (Å²) in [6, 6.07) is 4.04. The van der Waals surface area contributed by atoms with Crippen molar-refractivity contribution in [2.75, 3.05) is 10.6 Å². The van der Waals surface area contributed by atoms with Gasteiger partial charge in [-0.3, -0.25) is 14.4 Å². The van der Waals surface area contributed by atoms with Crippen LogP contribution in [0.4, 0.5) is 15.8 Å². The Morgan fingerprint density at radius 3 is 2.44 bits per heavy atom. The normalized spacial score (nSPS) is 17.8. The van der Waals surface area contributed by atoms with E-state index >= 15 is 0 Å². The molecule has 0 aliphatic heterocycles. The molecule has 2 aliphatic rings. The van der Waals surface area contributed by atoms with E-state index in [0.29, 0.717) is 18.5 Å². The second-order valence-corrected chi connectivity index (χ2v) is 6.53. The topological polar surface area (TPSA) is 87.3 Å². The molecule has 132 valence electrons. The van der Waals surface area contributed by atoms with Crippen molar-refractivity contribution in [1.82, 2.24) is 5.32 Å². The first-order valence-electron chi connectivity index (χ1n) is 8.30. The minimum absolute atomic E-state index is 0.0622. The summed E-state index contributed by atoms with van der Waals surface area (Å²) in [5.74, 6) is -1.81. The van der Waals surface area contributed by atoms with Crippen LogP contribution in [0.25, 0.3) is 0 Å². The van der Waals surface area contributed by atoms with Crippen LogP contribution in [0.3, 0.4) is 0 Å². The first-order valence-corrected chi connectivity index (χ1v) is 8.30. The molecule has 0 aromatic heterocycles. The smallest absolute Gasteiger partial charge is 0.247 e. The third-order valence-electron chi connectivity index (χ3n) is 4.66. The van der Waals surface area contributed by atoms with Crippen LogP contribution in [0.15, 0.2) is 30.9 Å². The minimum Gasteiger partial charge on any atom is -0.352 e. The molecule has 0 heterocycles. The number of carbonyl (C=O) groups is 3. The maximum Gasteiger partial charge on any atom is 0.247 e. The second-order valence-electron chi connectivity index (χ2n) is 6.53. The van der Waals surface area contributed by atoms with Crippen molar-refractivity contribution in [2.45, 2.75) is 38.1 Å². The highest BCUT2D eigenvalue weighted by Gasteiger charge is 2.51. The average Bonchev–Trinajstić information content (AvgIpc) is 3.33. The fraction of sp³-hybridized carbons (Fsp3) is 0.389. The summed E-state index contributed by atoms with van der Waals surface area (Å²) in [5.41, 5.74) is -0.800. The van der Waals surface area contributed by atoms with Gasteiger partial charge in [0, 0.05) is 11.7 Å². The molecule has 1 aromatic carbocycles. The molecular formula is C18H20FN3O3. The number of benzene rings is 1. The Balaban J connectivity index is 1.73. The Morgan fingerprint density at radius 2 is 1.88 bits per heavy atom. The van der Waals surface area contributed by atoms with Crippen LogP contribution in [0.1, 0.15) is 32.1 Å². The molecule has 0 atom stereocenters. The van der Waals surface area contributed by atoms with Gasteiger partial charge in [0.2, 0.25) is 17.7 Å². The molecular weight excluding hydrogens is 325 g/mol. The van der Waals surface area contributed by atoms with Crippen molar-refractivity contribution in [1.29, 1.82) is 0 Å². The minimum atomic E-state index is -1.05. The molecule has 25 heavy (non-hydrogen) atoms. The van der Waals surface area contributed by atoms with Crippen molar-refractivity contribution >= 4 is 29.1 Å². The number of anilines is 2. The Labute approximate surface area is 144 Å². The lowest BCUT2D eigenvalue weighted by molar-refractivity contribution is -0.146. The van der Waals surface area contributed by atoms with E-state index in [1.165, 1.54) is 12.1 Å². The Bertz CT molecular complexity index is 739. The van der Waals surface area contributed by atoms with Crippen molar-refractivity contribution in [3.05, 3.63) is 36.7 Å². The highest BCUT2D eigenvalue weighted by atomic mass is 19.1. The number of carbonyl (C=O) groups excluding carboxylic acids is 3. The summed E-state index contributed by atoms with van der Waals surface area (Å²) in [6.45, 7) is 3.31. The van der Waals surface area contributed by atoms with E-state index in [1.54, 1.807) is 0 Å². The molecule has 2 aliphatic carbocycles. The lowest BCUT2D eigenvalue weighted by atomic mass is 9.67. The molecule has 2 fully saturated rings. The van der Waals surface area contributed by atoms with E-state index in [4.69, 9.17) is 0 Å². The molecule has 0 saturated heterocycles. The van der Waals surface area contributed by atoms with Gasteiger partial charge in [0.05, 0.1) is 5.69 Å². The molecule has 0 bridgehead atoms. The summed E-state index contributed by atoms with van der Waals surface area (Å²) in [5, 5.41) is 7.90. The molecule has 3 N–H and O–H groups in total. The molecule has 6 nitrogen and oxygen atoms in total. The van der Waals surface area contributed by atoms with Crippen LogP contribution in [0.2, 0.25) is 0 Å². The number of rotatable bonds is 6. The van der Waals surface area contributed by atoms with Gasteiger partial charge in [-0.2, -0.15) is 0 Å². The summed E-state index contributed by atoms with van der Waals surface area (Å²) >= 11 is 0. The van der Waals surface area contributed by atoms with Crippen LogP contribution in [0, 0.1) is 11.2 Å². The van der Waals surface area contributed by atoms with E-state index in [-0.39, 0.29) is 17.6 Å². The molecule has 7 heteroatoms. The summed E-state index contributed by atoms with van der Waals surface area (Å²) in [4.78, 5) is 36.4. The molecule has 0 unspecified atom stereocenters. The maximum absolute atomic E-state index is 13.8. The van der Waals surface area contributed by atoms with Crippen LogP contribution >= 0.6 is 0 Å². The predicted octanol–water partition coefficient (Wildman–Crippen LogP) is 2.34. The average molecular weight is 345 g/mol. The van der Waals surface area contributed by atoms with Crippen LogP contribution in [-0.2, 0) is 14.4 Å². The van der Waals surface area contributed by atoms with Gasteiger partial charge in [-0.25, -0.2) is 4.39 Å². The lowest BCUT2D eigenvalue weighted by Gasteiger charge is -2.38. The molecule has 3 amide bonds. The molecule has 0 spiro atoms. The largest absolute Gasteiger partial charge is 0.352 e. The Morgan fingerprint density at radius 1 is 1.16 bits per heavy atom. The fourth-order valence-electron chi connectivity index (χ4n) is 2.77. The number of hydrogen-bond donors (Lipinski definition) is 3. The standard InChI is InChI=1S/C18H20FN3O3/c1-2-15(23)22-14-10-12(6-7-13(14)19)21-17(25)18(8-3-9-18)16(24)20-11-4-5-11/h2,6-7,10-11H,1,3-5,8-9H2,(H,20,24)(H,21,25)(H,22,23). The van der Waals surface area contributed by atoms with E-state index in [1.807, 2.05) is 0 Å². The summed E-state index contributed by atoms with van der Waals surface area (Å²) in [6.07, 6.45) is 4.74. The monoisotopic (exact) mass is 345 g/mol. The van der Waals surface area contributed by atoms with Crippen LogP contribution in [-0.4, -0.2) is 23.8 Å². The number of amides is 3. The van der Waals surface area contributed by atoms with Crippen molar-refractivity contribution in [3.63, 3.8) is 0 Å². The highest BCUT2D eigenvalue weighted by molar-refractivity contribution is 6.11. The second kappa shape index (κ2) is 6.66. The Kier molecular flexibility index (Phi) is 4.57. The van der Waals surface area contributed by atoms with Crippen molar-refractivity contribution in [3.8, 4) is 0 Å². The first kappa shape index (κ1) is 17.1. The third-order valence-corrected chi connectivity index (χ3v) is 4.66. The van der Waals surface area contributed by atoms with E-state index < -0.39 is 23.0 Å². The van der Waals surface area contributed by atoms with Gasteiger partial charge in [0.15, 0.2) is 0 Å². The van der Waals surface area contributed by atoms with E-state index in [0.717, 1.165) is 31.4 Å². The fourth-order valence-corrected chi connectivity index (χ4v) is 2.77. The van der Waals surface area contributed by atoms with Gasteiger partial charge in [-0.1, -0.05) is 13.0 Å². The van der Waals surface area contributed by atoms with Crippen molar-refractivity contribution < 1.29 is 18.8 Å². The van der Waals surface area contributed by atoms with Gasteiger partial charge >= 0.3 is 0 Å². The molecule has 2 saturated carbocycles. The third kappa shape index (κ3) is 3.55. The predicted molar refractivity (Wildman–Crippen MR) is 91.3 cm³/mol. The van der Waals surface area contributed by atoms with Gasteiger partial charge in [-0.15, -0.1) is 0 Å². The zero-order valence-corrected chi connectivity index (χ0v) is 13.7. The first-order chi connectivity index (χ1) is 11.9. The highest BCUT2D eigenvalue weighted by Crippen LogP contribution is 2.43. The zero-order valence-electron chi connectivity index (χ0n) is 13.7. The quantitative estimate of drug-likeness (QED) is 0.546. The van der Waals surface area contributed by atoms with Gasteiger partial charge in [0.1, 0.15) is 11.2 Å².